The SMILES string of the molecule is CCC1(CC)c2cc(C(N)=O)ccc2C[C@H](OC)[C@H]1NCCC1(CC(=O)O)CCCCC1. The maximum absolute atomic E-state index is 11.9. The number of carboxylic acids is 1. The Hall–Kier alpha value is -1.92. The molecule has 0 aromatic heterocycles. The third-order valence-corrected chi connectivity index (χ3v) is 8.34. The van der Waals surface area contributed by atoms with Gasteiger partial charge in [-0.05, 0) is 67.3 Å². The van der Waals surface area contributed by atoms with Crippen molar-refractivity contribution in [2.75, 3.05) is 13.7 Å². The van der Waals surface area contributed by atoms with Crippen molar-refractivity contribution in [2.24, 2.45) is 11.1 Å². The summed E-state index contributed by atoms with van der Waals surface area (Å²) in [6.45, 7) is 5.17. The monoisotopic (exact) mass is 444 g/mol. The van der Waals surface area contributed by atoms with E-state index in [0.29, 0.717) is 5.56 Å². The van der Waals surface area contributed by atoms with Crippen LogP contribution in [0.25, 0.3) is 0 Å². The van der Waals surface area contributed by atoms with E-state index in [1.165, 1.54) is 17.5 Å². The van der Waals surface area contributed by atoms with Gasteiger partial charge in [0.15, 0.2) is 0 Å². The molecular weight excluding hydrogens is 404 g/mol. The highest BCUT2D eigenvalue weighted by Crippen LogP contribution is 2.45. The maximum Gasteiger partial charge on any atom is 0.303 e. The Morgan fingerprint density at radius 2 is 1.88 bits per heavy atom. The molecule has 0 saturated heterocycles. The van der Waals surface area contributed by atoms with Gasteiger partial charge in [-0.25, -0.2) is 0 Å². The molecule has 2 aliphatic rings. The number of hydrogen-bond acceptors (Lipinski definition) is 4. The van der Waals surface area contributed by atoms with Crippen molar-refractivity contribution in [2.45, 2.75) is 95.6 Å². The van der Waals surface area contributed by atoms with Gasteiger partial charge in [-0.15, -0.1) is 0 Å². The van der Waals surface area contributed by atoms with Crippen LogP contribution in [0.3, 0.4) is 0 Å². The van der Waals surface area contributed by atoms with E-state index in [0.717, 1.165) is 57.9 Å². The fourth-order valence-corrected chi connectivity index (χ4v) is 6.48. The van der Waals surface area contributed by atoms with Crippen molar-refractivity contribution in [3.63, 3.8) is 0 Å². The molecule has 1 aromatic carbocycles. The number of fused-ring (bicyclic) bond motifs is 1. The van der Waals surface area contributed by atoms with Gasteiger partial charge in [-0.2, -0.15) is 0 Å². The summed E-state index contributed by atoms with van der Waals surface area (Å²) in [6.07, 6.45) is 9.18. The van der Waals surface area contributed by atoms with Crippen LogP contribution in [0.5, 0.6) is 0 Å². The molecule has 0 heterocycles. The van der Waals surface area contributed by atoms with Crippen molar-refractivity contribution in [3.8, 4) is 0 Å². The van der Waals surface area contributed by atoms with Crippen LogP contribution in [-0.2, 0) is 21.4 Å². The van der Waals surface area contributed by atoms with E-state index < -0.39 is 11.9 Å². The Morgan fingerprint density at radius 3 is 2.44 bits per heavy atom. The molecule has 0 bridgehead atoms. The van der Waals surface area contributed by atoms with Gasteiger partial charge in [0.05, 0.1) is 12.5 Å². The number of hydrogen-bond donors (Lipinski definition) is 3. The predicted molar refractivity (Wildman–Crippen MR) is 126 cm³/mol. The highest BCUT2D eigenvalue weighted by molar-refractivity contribution is 5.93. The number of ether oxygens (including phenoxy) is 1. The van der Waals surface area contributed by atoms with Crippen molar-refractivity contribution in [3.05, 3.63) is 34.9 Å². The van der Waals surface area contributed by atoms with Gasteiger partial charge in [-0.1, -0.05) is 39.2 Å². The zero-order valence-corrected chi connectivity index (χ0v) is 19.9. The molecule has 0 spiro atoms. The molecule has 0 radical (unpaired) electrons. The van der Waals surface area contributed by atoms with E-state index in [4.69, 9.17) is 10.5 Å². The second-order valence-corrected chi connectivity index (χ2v) is 9.89. The standard InChI is InChI=1S/C26H40N2O4/c1-4-26(5-2)20-15-19(24(27)31)10-9-18(20)16-21(32-3)23(26)28-14-13-25(17-22(29)30)11-7-6-8-12-25/h9-10,15,21,23,28H,4-8,11-14,16-17H2,1-3H3,(H2,27,31)(H,29,30)/t21-,23+/m0/s1. The number of carbonyl (C=O) groups is 2. The van der Waals surface area contributed by atoms with E-state index in [9.17, 15) is 14.7 Å². The normalized spacial score (nSPS) is 24.0. The third kappa shape index (κ3) is 4.86. The maximum atomic E-state index is 11.9. The van der Waals surface area contributed by atoms with E-state index >= 15 is 0 Å². The largest absolute Gasteiger partial charge is 0.481 e. The van der Waals surface area contributed by atoms with Crippen LogP contribution in [0.1, 0.15) is 93.1 Å². The van der Waals surface area contributed by atoms with Crippen LogP contribution >= 0.6 is 0 Å². The molecule has 2 aliphatic carbocycles. The first-order chi connectivity index (χ1) is 15.3. The quantitative estimate of drug-likeness (QED) is 0.502. The fraction of sp³-hybridized carbons (Fsp3) is 0.692. The second-order valence-electron chi connectivity index (χ2n) is 9.89. The van der Waals surface area contributed by atoms with Gasteiger partial charge in [0.2, 0.25) is 5.91 Å². The first-order valence-corrected chi connectivity index (χ1v) is 12.2. The minimum absolute atomic E-state index is 0.0172. The Kier molecular flexibility index (Phi) is 7.99. The van der Waals surface area contributed by atoms with Crippen LogP contribution in [-0.4, -0.2) is 42.8 Å². The second kappa shape index (κ2) is 10.3. The summed E-state index contributed by atoms with van der Waals surface area (Å²) < 4.78 is 5.98. The van der Waals surface area contributed by atoms with E-state index in [-0.39, 0.29) is 29.4 Å². The van der Waals surface area contributed by atoms with E-state index in [1.54, 1.807) is 7.11 Å². The van der Waals surface area contributed by atoms with Crippen LogP contribution in [0.15, 0.2) is 18.2 Å². The van der Waals surface area contributed by atoms with Crippen LogP contribution < -0.4 is 11.1 Å². The lowest BCUT2D eigenvalue weighted by Gasteiger charge is -2.49. The minimum Gasteiger partial charge on any atom is -0.481 e. The summed E-state index contributed by atoms with van der Waals surface area (Å²) in [4.78, 5) is 23.5. The topological polar surface area (TPSA) is 102 Å². The molecule has 1 fully saturated rings. The van der Waals surface area contributed by atoms with E-state index in [1.807, 2.05) is 18.2 Å². The molecule has 1 saturated carbocycles. The minimum atomic E-state index is -0.691. The number of carbonyl (C=O) groups excluding carboxylic acids is 1. The molecule has 32 heavy (non-hydrogen) atoms. The summed E-state index contributed by atoms with van der Waals surface area (Å²) in [5.74, 6) is -1.09. The van der Waals surface area contributed by atoms with Crippen LogP contribution in [0.2, 0.25) is 0 Å². The highest BCUT2D eigenvalue weighted by Gasteiger charge is 2.47. The lowest BCUT2D eigenvalue weighted by Crippen LogP contribution is -2.59. The van der Waals surface area contributed by atoms with Gasteiger partial charge >= 0.3 is 5.97 Å². The van der Waals surface area contributed by atoms with E-state index in [2.05, 4.69) is 19.2 Å². The summed E-state index contributed by atoms with van der Waals surface area (Å²) >= 11 is 0. The van der Waals surface area contributed by atoms with Crippen molar-refractivity contribution >= 4 is 11.9 Å². The average molecular weight is 445 g/mol. The lowest BCUT2D eigenvalue weighted by molar-refractivity contribution is -0.140. The smallest absolute Gasteiger partial charge is 0.303 e. The molecule has 4 N–H and O–H groups in total. The average Bonchev–Trinajstić information content (AvgIpc) is 2.78. The van der Waals surface area contributed by atoms with Crippen LogP contribution in [0, 0.1) is 5.41 Å². The Labute approximate surface area is 192 Å². The number of amides is 1. The van der Waals surface area contributed by atoms with Gasteiger partial charge in [0.25, 0.3) is 0 Å². The molecule has 0 aliphatic heterocycles. The number of methoxy groups -OCH3 is 1. The molecule has 2 atom stereocenters. The Balaban J connectivity index is 1.87. The van der Waals surface area contributed by atoms with Crippen molar-refractivity contribution < 1.29 is 19.4 Å². The summed E-state index contributed by atoms with van der Waals surface area (Å²) in [7, 11) is 1.77. The number of rotatable bonds is 10. The zero-order chi connectivity index (χ0) is 23.4. The fourth-order valence-electron chi connectivity index (χ4n) is 6.48. The molecule has 6 heteroatoms. The van der Waals surface area contributed by atoms with Gasteiger partial charge in [0, 0.05) is 30.6 Å². The zero-order valence-electron chi connectivity index (χ0n) is 19.9. The van der Waals surface area contributed by atoms with Crippen molar-refractivity contribution in [1.82, 2.24) is 5.32 Å². The Bertz CT molecular complexity index is 812. The number of nitrogens with one attached hydrogen (secondary N) is 1. The van der Waals surface area contributed by atoms with Crippen molar-refractivity contribution in [1.29, 1.82) is 0 Å². The van der Waals surface area contributed by atoms with Gasteiger partial charge in [-0.3, -0.25) is 9.59 Å². The molecule has 1 aromatic rings. The number of primary amides is 1. The molecule has 0 unspecified atom stereocenters. The number of carboxylic acid groups (broad SMARTS) is 1. The van der Waals surface area contributed by atoms with Crippen LogP contribution in [0.4, 0.5) is 0 Å². The first kappa shape index (κ1) is 24.7. The molecular formula is C26H40N2O4. The number of nitrogens with two attached hydrogens (primary N) is 1. The summed E-state index contributed by atoms with van der Waals surface area (Å²) in [5.41, 5.74) is 8.28. The first-order valence-electron chi connectivity index (χ1n) is 12.2. The highest BCUT2D eigenvalue weighted by atomic mass is 16.5. The predicted octanol–water partition coefficient (Wildman–Crippen LogP) is 4.19. The molecule has 1 amide bonds. The summed E-state index contributed by atoms with van der Waals surface area (Å²) in [5, 5.41) is 13.3. The van der Waals surface area contributed by atoms with Gasteiger partial charge < -0.3 is 20.9 Å². The third-order valence-electron chi connectivity index (χ3n) is 8.34. The molecule has 3 rings (SSSR count). The van der Waals surface area contributed by atoms with Gasteiger partial charge in [0.1, 0.15) is 0 Å². The molecule has 6 nitrogen and oxygen atoms in total. The Morgan fingerprint density at radius 1 is 1.19 bits per heavy atom. The molecule has 178 valence electrons. The number of benzene rings is 1. The lowest BCUT2D eigenvalue weighted by atomic mass is 9.62. The number of aliphatic carboxylic acids is 1. The summed E-state index contributed by atoms with van der Waals surface area (Å²) in [6, 6.07) is 5.92.